The number of hydrogen-bond donors (Lipinski definition) is 2. The highest BCUT2D eigenvalue weighted by Gasteiger charge is 2.70. The lowest BCUT2D eigenvalue weighted by Gasteiger charge is -2.35. The van der Waals surface area contributed by atoms with Crippen LogP contribution >= 0.6 is 0 Å². The van der Waals surface area contributed by atoms with Crippen molar-refractivity contribution < 1.29 is 23.0 Å². The first kappa shape index (κ1) is 32.1. The third kappa shape index (κ3) is 5.11. The second kappa shape index (κ2) is 11.2. The number of nitrogens with zero attached hydrogens (tertiary/aromatic N) is 6. The summed E-state index contributed by atoms with van der Waals surface area (Å²) in [4.78, 5) is 14.8. The Bertz CT molecular complexity index is 2330. The Morgan fingerprint density at radius 2 is 1.77 bits per heavy atom. The molecule has 2 saturated carbocycles. The van der Waals surface area contributed by atoms with Gasteiger partial charge in [-0.15, -0.1) is 6.42 Å². The predicted molar refractivity (Wildman–Crippen MR) is 193 cm³/mol. The number of anilines is 1. The fraction of sp³-hybridized carbons (Fsp3) is 0.475. The fourth-order valence-corrected chi connectivity index (χ4v) is 9.41. The van der Waals surface area contributed by atoms with E-state index in [4.69, 9.17) is 26.2 Å². The van der Waals surface area contributed by atoms with Crippen LogP contribution in [-0.4, -0.2) is 87.1 Å². The van der Waals surface area contributed by atoms with Crippen LogP contribution in [0.4, 0.5) is 19.0 Å². The third-order valence-electron chi connectivity index (χ3n) is 12.6. The van der Waals surface area contributed by atoms with Gasteiger partial charge in [-0.3, -0.25) is 4.68 Å². The summed E-state index contributed by atoms with van der Waals surface area (Å²) in [5.41, 5.74) is 1.81. The predicted octanol–water partition coefficient (Wildman–Crippen LogP) is 6.38. The van der Waals surface area contributed by atoms with Crippen molar-refractivity contribution in [1.29, 1.82) is 0 Å². The van der Waals surface area contributed by atoms with Crippen molar-refractivity contribution in [3.8, 4) is 35.2 Å². The maximum absolute atomic E-state index is 15.2. The van der Waals surface area contributed by atoms with Gasteiger partial charge in [0.1, 0.15) is 22.9 Å². The number of phenolic OH excluding ortho intramolecular Hbond substituents is 1. The number of phenols is 1. The molecule has 1 spiro atoms. The summed E-state index contributed by atoms with van der Waals surface area (Å²) in [6.07, 6.45) is 13.2. The molecule has 2 aliphatic carbocycles. The number of piperazine rings is 1. The lowest BCUT2D eigenvalue weighted by molar-refractivity contribution is 0.0252. The summed E-state index contributed by atoms with van der Waals surface area (Å²) in [6.45, 7) is 4.23. The number of piperidine rings is 1. The van der Waals surface area contributed by atoms with Crippen molar-refractivity contribution in [2.45, 2.75) is 63.0 Å². The van der Waals surface area contributed by atoms with E-state index in [0.717, 1.165) is 61.9 Å². The molecule has 5 aromatic rings. The maximum Gasteiger partial charge on any atom is 0.318 e. The van der Waals surface area contributed by atoms with Crippen molar-refractivity contribution in [3.05, 3.63) is 47.9 Å². The number of ether oxygens (including phenoxy) is 1. The summed E-state index contributed by atoms with van der Waals surface area (Å²) in [5.74, 6) is 0.330. The van der Waals surface area contributed by atoms with Gasteiger partial charge >= 0.3 is 6.01 Å². The molecule has 0 amide bonds. The van der Waals surface area contributed by atoms with Crippen molar-refractivity contribution in [2.24, 2.45) is 17.9 Å². The van der Waals surface area contributed by atoms with Gasteiger partial charge in [0, 0.05) is 78.5 Å². The average Bonchev–Trinajstić information content (AvgIpc) is 3.88. The zero-order valence-corrected chi connectivity index (χ0v) is 29.1. The number of rotatable bonds is 7. The molecule has 52 heavy (non-hydrogen) atoms. The minimum Gasteiger partial charge on any atom is -0.508 e. The monoisotopic (exact) mass is 707 g/mol. The van der Waals surface area contributed by atoms with Crippen LogP contribution in [0, 0.1) is 29.0 Å². The van der Waals surface area contributed by atoms with Crippen molar-refractivity contribution >= 4 is 38.4 Å². The Kier molecular flexibility index (Phi) is 6.91. The first-order valence-corrected chi connectivity index (χ1v) is 18.4. The zero-order chi connectivity index (χ0) is 35.6. The van der Waals surface area contributed by atoms with Crippen LogP contribution in [0.25, 0.3) is 43.7 Å². The van der Waals surface area contributed by atoms with E-state index in [9.17, 15) is 13.9 Å². The second-order valence-electron chi connectivity index (χ2n) is 16.1. The maximum atomic E-state index is 15.2. The number of nitrogens with one attached hydrogen (secondary N) is 1. The Hall–Kier alpha value is -4.60. The number of halogens is 3. The number of alkyl halides is 2. The van der Waals surface area contributed by atoms with E-state index in [0.29, 0.717) is 77.6 Å². The van der Waals surface area contributed by atoms with E-state index in [-0.39, 0.29) is 29.2 Å². The molecule has 0 unspecified atom stereocenters. The van der Waals surface area contributed by atoms with Gasteiger partial charge < -0.3 is 25.0 Å². The number of aromatic hydroxyl groups is 1. The minimum absolute atomic E-state index is 0.0226. The lowest BCUT2D eigenvalue weighted by Crippen LogP contribution is -2.51. The van der Waals surface area contributed by atoms with Crippen LogP contribution in [0.1, 0.15) is 50.5 Å². The largest absolute Gasteiger partial charge is 0.508 e. The van der Waals surface area contributed by atoms with E-state index in [1.165, 1.54) is 6.07 Å². The molecule has 2 N–H and O–H groups in total. The number of aryl methyl sites for hydroxylation is 1. The Morgan fingerprint density at radius 3 is 2.46 bits per heavy atom. The summed E-state index contributed by atoms with van der Waals surface area (Å²) in [6, 6.07) is 9.06. The van der Waals surface area contributed by atoms with Gasteiger partial charge in [0.15, 0.2) is 0 Å². The number of fused-ring (bicyclic) bond motifs is 6. The highest BCUT2D eigenvalue weighted by molar-refractivity contribution is 6.18. The van der Waals surface area contributed by atoms with Crippen molar-refractivity contribution in [2.75, 3.05) is 44.2 Å². The molecule has 2 bridgehead atoms. The Balaban J connectivity index is 1.06. The molecule has 2 atom stereocenters. The molecule has 2 aromatic heterocycles. The first-order valence-electron chi connectivity index (χ1n) is 18.4. The van der Waals surface area contributed by atoms with E-state index in [1.807, 2.05) is 19.3 Å². The summed E-state index contributed by atoms with van der Waals surface area (Å²) in [5, 5.41) is 22.3. The summed E-state index contributed by atoms with van der Waals surface area (Å²) in [7, 11) is 1.86. The van der Waals surface area contributed by atoms with Crippen molar-refractivity contribution in [3.63, 3.8) is 0 Å². The quantitative estimate of drug-likeness (QED) is 0.189. The van der Waals surface area contributed by atoms with Gasteiger partial charge in [0.25, 0.3) is 5.92 Å². The first-order chi connectivity index (χ1) is 25.0. The van der Waals surface area contributed by atoms with Crippen LogP contribution < -0.4 is 15.0 Å². The van der Waals surface area contributed by atoms with Gasteiger partial charge in [0.05, 0.1) is 23.1 Å². The van der Waals surface area contributed by atoms with Crippen LogP contribution in [0.2, 0.25) is 0 Å². The van der Waals surface area contributed by atoms with E-state index >= 15 is 4.39 Å². The molecule has 0 radical (unpaired) electrons. The van der Waals surface area contributed by atoms with Gasteiger partial charge in [0.2, 0.25) is 0 Å². The average molecular weight is 708 g/mol. The molecule has 5 fully saturated rings. The molecular weight excluding hydrogens is 667 g/mol. The SMILES string of the molecule is C#Cc1c(F)ccc2cc(O)cc(-c3cc4nc(OCC5(CN6CCC7(CC6)CC7(F)F)CC5)nc(N5C[C@H]6CC[C@@H](C5)N6)c4c4cn(C)nc34)c12. The lowest BCUT2D eigenvalue weighted by atomic mass is 9.92. The van der Waals surface area contributed by atoms with Crippen LogP contribution in [0.3, 0.4) is 0 Å². The molecule has 9 nitrogen and oxygen atoms in total. The van der Waals surface area contributed by atoms with Crippen LogP contribution in [0.15, 0.2) is 36.5 Å². The van der Waals surface area contributed by atoms with Crippen molar-refractivity contribution in [1.82, 2.24) is 30.0 Å². The standard InChI is InChI=1S/C40H40F3N7O2/c1-3-27-31(41)7-4-23-14-26(51)15-28(33(23)27)29-16-32-34(30-19-48(2)47-35(29)30)36(50-17-24-5-6-25(18-50)44-24)46-37(45-32)52-22-38(8-9-38)21-49-12-10-39(11-13-49)20-40(39,42)43/h1,4,7,14-16,19,24-25,44,51H,5-6,8-13,17-18,20-22H2,2H3/t24-,25+. The fourth-order valence-electron chi connectivity index (χ4n) is 9.41. The van der Waals surface area contributed by atoms with E-state index < -0.39 is 17.2 Å². The number of benzene rings is 3. The smallest absolute Gasteiger partial charge is 0.318 e. The zero-order valence-electron chi connectivity index (χ0n) is 29.1. The Labute approximate surface area is 299 Å². The molecule has 3 saturated heterocycles. The molecular formula is C40H40F3N7O2. The molecule has 3 aromatic carbocycles. The molecule has 3 aliphatic heterocycles. The summed E-state index contributed by atoms with van der Waals surface area (Å²) >= 11 is 0. The molecule has 5 aliphatic rings. The van der Waals surface area contributed by atoms with Gasteiger partial charge in [-0.2, -0.15) is 15.1 Å². The van der Waals surface area contributed by atoms with Gasteiger partial charge in [-0.05, 0) is 86.8 Å². The van der Waals surface area contributed by atoms with Crippen LogP contribution in [0.5, 0.6) is 11.8 Å². The highest BCUT2D eigenvalue weighted by atomic mass is 19.3. The topological polar surface area (TPSA) is 91.6 Å². The number of terminal acetylenes is 1. The molecule has 268 valence electrons. The number of likely N-dealkylation sites (tertiary alicyclic amines) is 1. The number of hydrogen-bond acceptors (Lipinski definition) is 8. The van der Waals surface area contributed by atoms with Gasteiger partial charge in [-0.1, -0.05) is 12.0 Å². The highest BCUT2D eigenvalue weighted by Crippen LogP contribution is 2.66. The molecule has 5 heterocycles. The Morgan fingerprint density at radius 1 is 1.02 bits per heavy atom. The second-order valence-corrected chi connectivity index (χ2v) is 16.1. The normalized spacial score (nSPS) is 24.2. The summed E-state index contributed by atoms with van der Waals surface area (Å²) < 4.78 is 51.5. The minimum atomic E-state index is -2.50. The van der Waals surface area contributed by atoms with Gasteiger partial charge in [-0.25, -0.2) is 13.2 Å². The van der Waals surface area contributed by atoms with E-state index in [1.54, 1.807) is 22.9 Å². The third-order valence-corrected chi connectivity index (χ3v) is 12.6. The number of aromatic nitrogens is 4. The molecule has 12 heteroatoms. The molecule has 10 rings (SSSR count). The van der Waals surface area contributed by atoms with Crippen LogP contribution in [-0.2, 0) is 7.05 Å². The van der Waals surface area contributed by atoms with E-state index in [2.05, 4.69) is 21.0 Å².